The second kappa shape index (κ2) is 3.53. The van der Waals surface area contributed by atoms with E-state index in [9.17, 15) is 0 Å². The summed E-state index contributed by atoms with van der Waals surface area (Å²) in [5.41, 5.74) is 7.23. The molecule has 0 aliphatic heterocycles. The van der Waals surface area contributed by atoms with E-state index in [-0.39, 0.29) is 5.84 Å². The minimum Gasteiger partial charge on any atom is -0.384 e. The molecule has 4 heteroatoms. The predicted octanol–water partition coefficient (Wildman–Crippen LogP) is 1.27. The lowest BCUT2D eigenvalue weighted by atomic mass is 10.2. The van der Waals surface area contributed by atoms with Crippen molar-refractivity contribution < 1.29 is 0 Å². The van der Waals surface area contributed by atoms with Crippen LogP contribution in [0.5, 0.6) is 0 Å². The molecule has 0 unspecified atom stereocenters. The summed E-state index contributed by atoms with van der Waals surface area (Å²) in [4.78, 5) is 6.59. The average molecular weight is 204 g/mol. The fourth-order valence-electron chi connectivity index (χ4n) is 1.66. The Morgan fingerprint density at radius 2 is 2.20 bits per heavy atom. The van der Waals surface area contributed by atoms with Gasteiger partial charge in [-0.25, -0.2) is 4.98 Å². The highest BCUT2D eigenvalue weighted by Crippen LogP contribution is 2.30. The third-order valence-electron chi connectivity index (χ3n) is 2.73. The van der Waals surface area contributed by atoms with Gasteiger partial charge in [0.2, 0.25) is 0 Å². The Bertz CT molecular complexity index is 396. The van der Waals surface area contributed by atoms with Crippen LogP contribution in [0.2, 0.25) is 0 Å². The van der Waals surface area contributed by atoms with Gasteiger partial charge in [-0.15, -0.1) is 0 Å². The molecule has 1 saturated carbocycles. The van der Waals surface area contributed by atoms with Gasteiger partial charge >= 0.3 is 0 Å². The quantitative estimate of drug-likeness (QED) is 0.575. The molecule has 1 fully saturated rings. The smallest absolute Gasteiger partial charge is 0.139 e. The van der Waals surface area contributed by atoms with Crippen molar-refractivity contribution in [3.63, 3.8) is 0 Å². The van der Waals surface area contributed by atoms with Crippen LogP contribution in [0.25, 0.3) is 0 Å². The van der Waals surface area contributed by atoms with Crippen LogP contribution < -0.4 is 10.6 Å². The highest BCUT2D eigenvalue weighted by Gasteiger charge is 2.28. The van der Waals surface area contributed by atoms with Gasteiger partial charge in [-0.05, 0) is 31.9 Å². The van der Waals surface area contributed by atoms with Crippen molar-refractivity contribution in [2.24, 2.45) is 5.73 Å². The van der Waals surface area contributed by atoms with Crippen LogP contribution in [0.15, 0.2) is 12.1 Å². The SMILES string of the molecule is Cc1ccc(C(=N)N)c(N(C)C2CC2)n1. The number of anilines is 1. The molecule has 1 aliphatic carbocycles. The Labute approximate surface area is 89.6 Å². The number of nitrogen functional groups attached to an aromatic ring is 1. The van der Waals surface area contributed by atoms with Crippen molar-refractivity contribution in [1.29, 1.82) is 5.41 Å². The number of aryl methyl sites for hydroxylation is 1. The third-order valence-corrected chi connectivity index (χ3v) is 2.73. The van der Waals surface area contributed by atoms with Crippen molar-refractivity contribution in [1.82, 2.24) is 4.98 Å². The first kappa shape index (κ1) is 9.96. The molecular formula is C11H16N4. The fraction of sp³-hybridized carbons (Fsp3) is 0.455. The Balaban J connectivity index is 2.41. The van der Waals surface area contributed by atoms with Gasteiger partial charge in [0.05, 0.1) is 5.56 Å². The summed E-state index contributed by atoms with van der Waals surface area (Å²) in [6.45, 7) is 1.95. The topological polar surface area (TPSA) is 66.0 Å². The maximum Gasteiger partial charge on any atom is 0.139 e. The molecule has 0 bridgehead atoms. The van der Waals surface area contributed by atoms with E-state index in [1.165, 1.54) is 12.8 Å². The Hall–Kier alpha value is -1.58. The van der Waals surface area contributed by atoms with Crippen molar-refractivity contribution in [3.8, 4) is 0 Å². The number of aromatic nitrogens is 1. The zero-order chi connectivity index (χ0) is 11.0. The number of nitrogens with zero attached hydrogens (tertiary/aromatic N) is 2. The zero-order valence-electron chi connectivity index (χ0n) is 9.12. The van der Waals surface area contributed by atoms with Gasteiger partial charge in [0.15, 0.2) is 0 Å². The van der Waals surface area contributed by atoms with Gasteiger partial charge in [-0.1, -0.05) is 0 Å². The third kappa shape index (κ3) is 1.93. The number of amidine groups is 1. The zero-order valence-corrected chi connectivity index (χ0v) is 9.12. The molecule has 2 rings (SSSR count). The van der Waals surface area contributed by atoms with Crippen LogP contribution in [0.1, 0.15) is 24.1 Å². The normalized spacial score (nSPS) is 15.1. The molecule has 1 aromatic rings. The maximum absolute atomic E-state index is 7.51. The number of hydrogen-bond donors (Lipinski definition) is 2. The molecule has 4 nitrogen and oxygen atoms in total. The average Bonchev–Trinajstić information content (AvgIpc) is 2.99. The summed E-state index contributed by atoms with van der Waals surface area (Å²) in [7, 11) is 2.02. The first-order chi connectivity index (χ1) is 7.09. The van der Waals surface area contributed by atoms with E-state index >= 15 is 0 Å². The first-order valence-electron chi connectivity index (χ1n) is 5.14. The lowest BCUT2D eigenvalue weighted by Crippen LogP contribution is -2.25. The van der Waals surface area contributed by atoms with Gasteiger partial charge in [0.1, 0.15) is 11.7 Å². The summed E-state index contributed by atoms with van der Waals surface area (Å²) in [5, 5.41) is 7.51. The number of nitrogens with one attached hydrogen (secondary N) is 1. The molecule has 80 valence electrons. The lowest BCUT2D eigenvalue weighted by molar-refractivity contribution is 0.884. The van der Waals surface area contributed by atoms with E-state index < -0.39 is 0 Å². The van der Waals surface area contributed by atoms with Crippen molar-refractivity contribution in [2.75, 3.05) is 11.9 Å². The first-order valence-corrected chi connectivity index (χ1v) is 5.14. The van der Waals surface area contributed by atoms with Crippen LogP contribution in [0.4, 0.5) is 5.82 Å². The van der Waals surface area contributed by atoms with Gasteiger partial charge in [0, 0.05) is 18.8 Å². The second-order valence-corrected chi connectivity index (χ2v) is 4.08. The molecule has 3 N–H and O–H groups in total. The summed E-state index contributed by atoms with van der Waals surface area (Å²) in [6.07, 6.45) is 2.42. The lowest BCUT2D eigenvalue weighted by Gasteiger charge is -2.20. The van der Waals surface area contributed by atoms with Crippen molar-refractivity contribution >= 4 is 11.7 Å². The van der Waals surface area contributed by atoms with E-state index in [4.69, 9.17) is 11.1 Å². The van der Waals surface area contributed by atoms with Crippen LogP contribution in [0, 0.1) is 12.3 Å². The largest absolute Gasteiger partial charge is 0.384 e. The summed E-state index contributed by atoms with van der Waals surface area (Å²) in [5.74, 6) is 0.926. The van der Waals surface area contributed by atoms with Crippen LogP contribution in [0.3, 0.4) is 0 Å². The molecule has 0 aromatic carbocycles. The van der Waals surface area contributed by atoms with Crippen LogP contribution in [-0.4, -0.2) is 23.9 Å². The molecule has 0 radical (unpaired) electrons. The summed E-state index contributed by atoms with van der Waals surface area (Å²) < 4.78 is 0. The standard InChI is InChI=1S/C11H16N4/c1-7-3-6-9(10(12)13)11(14-7)15(2)8-4-5-8/h3,6,8H,4-5H2,1-2H3,(H3,12,13). The predicted molar refractivity (Wildman–Crippen MR) is 61.4 cm³/mol. The number of pyridine rings is 1. The van der Waals surface area contributed by atoms with Gasteiger partial charge in [-0.2, -0.15) is 0 Å². The van der Waals surface area contributed by atoms with E-state index in [0.29, 0.717) is 6.04 Å². The molecular weight excluding hydrogens is 188 g/mol. The number of nitrogens with two attached hydrogens (primary N) is 1. The maximum atomic E-state index is 7.51. The summed E-state index contributed by atoms with van der Waals surface area (Å²) in [6, 6.07) is 4.34. The minimum absolute atomic E-state index is 0.0880. The molecule has 0 saturated heterocycles. The van der Waals surface area contributed by atoms with Gasteiger partial charge < -0.3 is 10.6 Å². The second-order valence-electron chi connectivity index (χ2n) is 4.08. The fourth-order valence-corrected chi connectivity index (χ4v) is 1.66. The highest BCUT2D eigenvalue weighted by molar-refractivity contribution is 5.99. The minimum atomic E-state index is 0.0880. The van der Waals surface area contributed by atoms with Gasteiger partial charge in [-0.3, -0.25) is 5.41 Å². The number of rotatable bonds is 3. The Morgan fingerprint density at radius 3 is 2.73 bits per heavy atom. The van der Waals surface area contributed by atoms with Crippen molar-refractivity contribution in [3.05, 3.63) is 23.4 Å². The molecule has 0 spiro atoms. The Morgan fingerprint density at radius 1 is 1.53 bits per heavy atom. The molecule has 15 heavy (non-hydrogen) atoms. The van der Waals surface area contributed by atoms with Crippen molar-refractivity contribution in [2.45, 2.75) is 25.8 Å². The Kier molecular flexibility index (Phi) is 2.34. The molecule has 0 atom stereocenters. The van der Waals surface area contributed by atoms with E-state index in [1.54, 1.807) is 0 Å². The van der Waals surface area contributed by atoms with E-state index in [1.807, 2.05) is 26.1 Å². The number of hydrogen-bond acceptors (Lipinski definition) is 3. The molecule has 0 amide bonds. The van der Waals surface area contributed by atoms with E-state index in [2.05, 4.69) is 9.88 Å². The summed E-state index contributed by atoms with van der Waals surface area (Å²) >= 11 is 0. The van der Waals surface area contributed by atoms with Crippen LogP contribution >= 0.6 is 0 Å². The van der Waals surface area contributed by atoms with Gasteiger partial charge in [0.25, 0.3) is 0 Å². The molecule has 1 heterocycles. The highest BCUT2D eigenvalue weighted by atomic mass is 15.2. The van der Waals surface area contributed by atoms with E-state index in [0.717, 1.165) is 17.1 Å². The monoisotopic (exact) mass is 204 g/mol. The van der Waals surface area contributed by atoms with Crippen LogP contribution in [-0.2, 0) is 0 Å². The molecule has 1 aromatic heterocycles. The molecule has 1 aliphatic rings.